The van der Waals surface area contributed by atoms with Gasteiger partial charge in [0.05, 0.1) is 5.41 Å². The van der Waals surface area contributed by atoms with Gasteiger partial charge in [-0.05, 0) is 110 Å². The van der Waals surface area contributed by atoms with Crippen molar-refractivity contribution in [2.24, 2.45) is 5.41 Å². The number of rotatable bonds is 5. The molecule has 1 N–H and O–H groups in total. The first-order valence-electron chi connectivity index (χ1n) is 12.8. The summed E-state index contributed by atoms with van der Waals surface area (Å²) in [6.07, 6.45) is 2.03. The molecule has 0 aromatic heterocycles. The smallest absolute Gasteiger partial charge is 0.316 e. The van der Waals surface area contributed by atoms with Gasteiger partial charge in [0.1, 0.15) is 17.6 Å². The Bertz CT molecular complexity index is 1370. The number of benzene rings is 3. The lowest BCUT2D eigenvalue weighted by Gasteiger charge is -2.19. The number of ether oxygens (including phenoxy) is 2. The molecule has 3 aromatic carbocycles. The predicted octanol–water partition coefficient (Wildman–Crippen LogP) is 8.14. The lowest BCUT2D eigenvalue weighted by atomic mass is 9.88. The molecular weight excluding hydrogens is 537 g/mol. The minimum atomic E-state index is -0.581. The molecule has 4 nitrogen and oxygen atoms in total. The zero-order valence-corrected chi connectivity index (χ0v) is 24.1. The van der Waals surface area contributed by atoms with E-state index in [1.54, 1.807) is 17.8 Å². The number of allylic oxidation sites excluding steroid dienone is 1. The van der Waals surface area contributed by atoms with E-state index in [4.69, 9.17) is 32.7 Å². The molecule has 38 heavy (non-hydrogen) atoms. The molecule has 2 heterocycles. The van der Waals surface area contributed by atoms with Crippen LogP contribution in [0.2, 0.25) is 10.0 Å². The predicted molar refractivity (Wildman–Crippen MR) is 158 cm³/mol. The zero-order chi connectivity index (χ0) is 26.9. The zero-order valence-electron chi connectivity index (χ0n) is 21.8. The van der Waals surface area contributed by atoms with Crippen molar-refractivity contribution in [1.29, 1.82) is 0 Å². The fourth-order valence-electron chi connectivity index (χ4n) is 4.66. The summed E-state index contributed by atoms with van der Waals surface area (Å²) < 4.78 is 11.9. The lowest BCUT2D eigenvalue weighted by molar-refractivity contribution is -0.143. The van der Waals surface area contributed by atoms with E-state index in [2.05, 4.69) is 17.4 Å². The van der Waals surface area contributed by atoms with Crippen LogP contribution < -0.4 is 14.8 Å². The van der Waals surface area contributed by atoms with Crippen molar-refractivity contribution >= 4 is 52.1 Å². The Morgan fingerprint density at radius 1 is 0.974 bits per heavy atom. The van der Waals surface area contributed by atoms with Gasteiger partial charge < -0.3 is 14.8 Å². The molecule has 0 bridgehead atoms. The summed E-state index contributed by atoms with van der Waals surface area (Å²) in [5, 5.41) is 4.58. The van der Waals surface area contributed by atoms with E-state index in [0.29, 0.717) is 15.8 Å². The molecular formula is C31H31Cl2NO3S. The highest BCUT2D eigenvalue weighted by molar-refractivity contribution is 7.99. The maximum Gasteiger partial charge on any atom is 0.316 e. The Morgan fingerprint density at radius 3 is 2.39 bits per heavy atom. The van der Waals surface area contributed by atoms with Crippen LogP contribution in [0.15, 0.2) is 65.6 Å². The highest BCUT2D eigenvalue weighted by Gasteiger charge is 2.26. The van der Waals surface area contributed by atoms with Gasteiger partial charge in [0.25, 0.3) is 0 Å². The van der Waals surface area contributed by atoms with Gasteiger partial charge in [-0.25, -0.2) is 0 Å². The maximum atomic E-state index is 12.5. The number of carbonyl (C=O) groups is 1. The molecule has 0 saturated carbocycles. The van der Waals surface area contributed by atoms with Crippen molar-refractivity contribution in [1.82, 2.24) is 5.32 Å². The van der Waals surface area contributed by atoms with Crippen molar-refractivity contribution in [3.05, 3.63) is 87.4 Å². The fraction of sp³-hybridized carbons (Fsp3) is 0.323. The SMILES string of the molecule is CC(C)(C)C(=O)Oc1ccc2c(c1)SCCC(c1ccc(Cl)cc1Cl)=C2c1ccc(OC2CCNC2)cc1. The molecule has 3 aromatic rings. The minimum Gasteiger partial charge on any atom is -0.489 e. The van der Waals surface area contributed by atoms with E-state index in [1.165, 1.54) is 0 Å². The molecule has 0 radical (unpaired) electrons. The van der Waals surface area contributed by atoms with Gasteiger partial charge in [0.2, 0.25) is 0 Å². The van der Waals surface area contributed by atoms with Gasteiger partial charge in [-0.3, -0.25) is 4.79 Å². The van der Waals surface area contributed by atoms with Crippen LogP contribution in [0.3, 0.4) is 0 Å². The maximum absolute atomic E-state index is 12.5. The van der Waals surface area contributed by atoms with Gasteiger partial charge in [-0.1, -0.05) is 41.4 Å². The minimum absolute atomic E-state index is 0.202. The first kappa shape index (κ1) is 27.1. The van der Waals surface area contributed by atoms with Gasteiger partial charge in [-0.15, -0.1) is 11.8 Å². The second-order valence-corrected chi connectivity index (χ2v) is 12.6. The number of hydrogen-bond acceptors (Lipinski definition) is 5. The standard InChI is InChI=1S/C31H31Cl2NO3S/c1-31(2,3)30(35)37-22-9-11-26-28(17-22)38-15-13-25(24-10-6-20(32)16-27(24)33)29(26)19-4-7-21(8-5-19)36-23-12-14-34-18-23/h4-11,16-17,23,34H,12-15,18H2,1-3H3. The molecule has 198 valence electrons. The third kappa shape index (κ3) is 6.07. The number of halogens is 2. The number of hydrogen-bond donors (Lipinski definition) is 1. The molecule has 5 rings (SSSR count). The molecule has 2 aliphatic heterocycles. The molecule has 0 spiro atoms. The monoisotopic (exact) mass is 567 g/mol. The Balaban J connectivity index is 1.59. The van der Waals surface area contributed by atoms with Gasteiger partial charge in [0, 0.05) is 27.2 Å². The van der Waals surface area contributed by atoms with E-state index in [0.717, 1.165) is 70.2 Å². The van der Waals surface area contributed by atoms with Crippen LogP contribution in [0.25, 0.3) is 11.1 Å². The summed E-state index contributed by atoms with van der Waals surface area (Å²) >= 11 is 14.7. The van der Waals surface area contributed by atoms with E-state index >= 15 is 0 Å². The number of fused-ring (bicyclic) bond motifs is 1. The molecule has 1 fully saturated rings. The Morgan fingerprint density at radius 2 is 1.71 bits per heavy atom. The van der Waals surface area contributed by atoms with E-state index in [9.17, 15) is 4.79 Å². The number of nitrogens with one attached hydrogen (secondary N) is 1. The molecule has 2 aliphatic rings. The second-order valence-electron chi connectivity index (χ2n) is 10.6. The van der Waals surface area contributed by atoms with Crippen molar-refractivity contribution < 1.29 is 14.3 Å². The summed E-state index contributed by atoms with van der Waals surface area (Å²) in [4.78, 5) is 13.6. The van der Waals surface area contributed by atoms with Crippen LogP contribution in [0, 0.1) is 5.41 Å². The van der Waals surface area contributed by atoms with Crippen molar-refractivity contribution in [3.63, 3.8) is 0 Å². The van der Waals surface area contributed by atoms with Crippen LogP contribution in [0.4, 0.5) is 0 Å². The van der Waals surface area contributed by atoms with Crippen LogP contribution in [-0.4, -0.2) is 30.9 Å². The summed E-state index contributed by atoms with van der Waals surface area (Å²) in [6, 6.07) is 19.9. The third-order valence-electron chi connectivity index (χ3n) is 6.67. The molecule has 1 unspecified atom stereocenters. The fourth-order valence-corrected chi connectivity index (χ4v) is 6.23. The van der Waals surface area contributed by atoms with Crippen molar-refractivity contribution in [2.45, 2.75) is 44.6 Å². The highest BCUT2D eigenvalue weighted by atomic mass is 35.5. The first-order chi connectivity index (χ1) is 18.2. The highest BCUT2D eigenvalue weighted by Crippen LogP contribution is 2.45. The third-order valence-corrected chi connectivity index (χ3v) is 8.28. The van der Waals surface area contributed by atoms with Crippen molar-refractivity contribution in [2.75, 3.05) is 18.8 Å². The number of esters is 1. The van der Waals surface area contributed by atoms with Crippen LogP contribution in [0.1, 0.15) is 50.3 Å². The van der Waals surface area contributed by atoms with Crippen LogP contribution in [-0.2, 0) is 4.79 Å². The van der Waals surface area contributed by atoms with E-state index < -0.39 is 5.41 Å². The topological polar surface area (TPSA) is 47.6 Å². The van der Waals surface area contributed by atoms with Gasteiger partial charge >= 0.3 is 5.97 Å². The molecule has 7 heteroatoms. The van der Waals surface area contributed by atoms with Gasteiger partial charge in [-0.2, -0.15) is 0 Å². The second kappa shape index (κ2) is 11.4. The summed E-state index contributed by atoms with van der Waals surface area (Å²) in [5.41, 5.74) is 4.81. The first-order valence-corrected chi connectivity index (χ1v) is 14.6. The molecule has 0 amide bonds. The van der Waals surface area contributed by atoms with E-state index in [-0.39, 0.29) is 12.1 Å². The van der Waals surface area contributed by atoms with Crippen molar-refractivity contribution in [3.8, 4) is 11.5 Å². The van der Waals surface area contributed by atoms with Gasteiger partial charge in [0.15, 0.2) is 0 Å². The van der Waals surface area contributed by atoms with Crippen LogP contribution >= 0.6 is 35.0 Å². The quantitative estimate of drug-likeness (QED) is 0.249. The normalized spacial score (nSPS) is 17.7. The number of carbonyl (C=O) groups excluding carboxylic acids is 1. The average Bonchev–Trinajstić information content (AvgIpc) is 3.31. The lowest BCUT2D eigenvalue weighted by Crippen LogP contribution is -2.25. The Labute approximate surface area is 238 Å². The summed E-state index contributed by atoms with van der Waals surface area (Å²) in [7, 11) is 0. The molecule has 0 aliphatic carbocycles. The Kier molecular flexibility index (Phi) is 8.11. The number of thioether (sulfide) groups is 1. The Hall–Kier alpha value is -2.44. The average molecular weight is 569 g/mol. The summed E-state index contributed by atoms with van der Waals surface area (Å²) in [6.45, 7) is 7.43. The summed E-state index contributed by atoms with van der Waals surface area (Å²) in [5.74, 6) is 2.02. The molecule has 1 saturated heterocycles. The van der Waals surface area contributed by atoms with E-state index in [1.807, 2.05) is 63.2 Å². The molecule has 1 atom stereocenters. The largest absolute Gasteiger partial charge is 0.489 e. The van der Waals surface area contributed by atoms with Crippen LogP contribution in [0.5, 0.6) is 11.5 Å².